The molecule has 2 aliphatic heterocycles. The number of allylic oxidation sites excluding steroid dienone is 2. The molecule has 0 aromatic carbocycles. The van der Waals surface area contributed by atoms with Gasteiger partial charge in [0.1, 0.15) is 17.6 Å². The summed E-state index contributed by atoms with van der Waals surface area (Å²) in [5, 5.41) is 40.2. The molecule has 2 fully saturated rings. The van der Waals surface area contributed by atoms with Gasteiger partial charge in [0.05, 0.1) is 35.7 Å². The SMILES string of the molecule is CC1CC(N(C)S)CC(O)O1.CCC(=O)[C@@H](C)/C(O)=C(\C)CC(C)CC(C)C(O[C@H]1C[C@@](C)(OC)[C@@H](O)C(C)O1)C(C)C(=O)OC(O)CC. The van der Waals surface area contributed by atoms with Gasteiger partial charge < -0.3 is 44.1 Å². The number of ketones is 1. The lowest BCUT2D eigenvalue weighted by Gasteiger charge is -2.45. The molecule has 0 amide bonds. The second-order valence-corrected chi connectivity index (χ2v) is 15.1. The zero-order valence-electron chi connectivity index (χ0n) is 31.9. The second kappa shape index (κ2) is 21.3. The van der Waals surface area contributed by atoms with E-state index >= 15 is 0 Å². The van der Waals surface area contributed by atoms with Crippen LogP contribution in [0.3, 0.4) is 0 Å². The first-order valence-electron chi connectivity index (χ1n) is 17.8. The predicted molar refractivity (Wildman–Crippen MR) is 190 cm³/mol. The summed E-state index contributed by atoms with van der Waals surface area (Å²) in [4.78, 5) is 24.9. The highest BCUT2D eigenvalue weighted by molar-refractivity contribution is 7.77. The third kappa shape index (κ3) is 14.3. The van der Waals surface area contributed by atoms with Gasteiger partial charge in [-0.15, -0.1) is 0 Å². The third-order valence-corrected chi connectivity index (χ3v) is 10.2. The lowest BCUT2D eigenvalue weighted by atomic mass is 9.83. The number of carbonyl (C=O) groups is 2. The van der Waals surface area contributed by atoms with Gasteiger partial charge in [0.25, 0.3) is 0 Å². The molecule has 288 valence electrons. The first-order chi connectivity index (χ1) is 22.7. The van der Waals surface area contributed by atoms with Gasteiger partial charge in [-0.1, -0.05) is 40.5 Å². The quantitative estimate of drug-likeness (QED) is 0.0604. The first kappa shape index (κ1) is 45.7. The minimum absolute atomic E-state index is 0.00664. The highest BCUT2D eigenvalue weighted by Gasteiger charge is 2.47. The van der Waals surface area contributed by atoms with Crippen LogP contribution in [-0.4, -0.2) is 106 Å². The predicted octanol–water partition coefficient (Wildman–Crippen LogP) is 5.33. The molecule has 49 heavy (non-hydrogen) atoms. The average Bonchev–Trinajstić information content (AvgIpc) is 3.03. The van der Waals surface area contributed by atoms with Crippen LogP contribution in [0.5, 0.6) is 0 Å². The van der Waals surface area contributed by atoms with Crippen molar-refractivity contribution in [2.24, 2.45) is 23.7 Å². The van der Waals surface area contributed by atoms with Gasteiger partial charge in [-0.3, -0.25) is 13.9 Å². The number of rotatable bonds is 16. The number of nitrogens with zero attached hydrogens (tertiary/aromatic N) is 1. The third-order valence-electron chi connectivity index (χ3n) is 9.91. The molecule has 0 radical (unpaired) electrons. The molecule has 0 bridgehead atoms. The van der Waals surface area contributed by atoms with E-state index < -0.39 is 60.6 Å². The highest BCUT2D eigenvalue weighted by atomic mass is 32.1. The number of aliphatic hydroxyl groups excluding tert-OH is 4. The topological polar surface area (TPSA) is 164 Å². The Bertz CT molecular complexity index is 1030. The second-order valence-electron chi connectivity index (χ2n) is 14.5. The lowest BCUT2D eigenvalue weighted by Crippen LogP contribution is -2.57. The smallest absolute Gasteiger partial charge is 0.313 e. The van der Waals surface area contributed by atoms with Gasteiger partial charge in [0.15, 0.2) is 18.9 Å². The van der Waals surface area contributed by atoms with Crippen molar-refractivity contribution in [1.82, 2.24) is 4.31 Å². The molecule has 9 unspecified atom stereocenters. The number of hydrogen-bond donors (Lipinski definition) is 5. The molecule has 4 N–H and O–H groups in total. The Balaban J connectivity index is 0.000000917. The standard InChI is InChI=1S/C29H52O9.C7H15NO2S/c1-11-22(30)19(6)25(32)17(4)13-16(3)14-18(5)26(20(7)28(34)37-23(31)12-2)38-24-15-29(9,35-10)27(33)21(8)36-24;1-5-3-6(8(2)11)4-7(9)10-5/h16,18-21,23-24,26-27,31-33H,11-15H2,1-10H3;5-7,9,11H,3-4H2,1-2H3/b25-17-;/t16?,18?,19-,20?,21?,23?,24+,26?,27+,29-;/m1./s1. The Labute approximate surface area is 300 Å². The summed E-state index contributed by atoms with van der Waals surface area (Å²) in [6.45, 7) is 18.3. The summed E-state index contributed by atoms with van der Waals surface area (Å²) in [5.74, 6) is -1.70. The van der Waals surface area contributed by atoms with Crippen LogP contribution in [-0.2, 0) is 33.3 Å². The number of Topliss-reactive ketones (excluding diaryl/α,β-unsaturated/α-hetero) is 1. The zero-order chi connectivity index (χ0) is 37.8. The molecular formula is C36H67NO11S. The Kier molecular flexibility index (Phi) is 19.9. The largest absolute Gasteiger partial charge is 0.512 e. The molecule has 0 spiro atoms. The number of hydrogen-bond acceptors (Lipinski definition) is 13. The Morgan fingerprint density at radius 1 is 1.08 bits per heavy atom. The van der Waals surface area contributed by atoms with Crippen molar-refractivity contribution in [3.8, 4) is 0 Å². The number of thiol groups is 1. The maximum absolute atomic E-state index is 12.9. The summed E-state index contributed by atoms with van der Waals surface area (Å²) in [6.07, 6.45) is -0.625. The van der Waals surface area contributed by atoms with Crippen LogP contribution in [0.1, 0.15) is 114 Å². The van der Waals surface area contributed by atoms with E-state index in [9.17, 15) is 30.0 Å². The summed E-state index contributed by atoms with van der Waals surface area (Å²) in [6, 6.07) is 0.331. The molecule has 0 saturated carbocycles. The van der Waals surface area contributed by atoms with Crippen LogP contribution >= 0.6 is 12.8 Å². The van der Waals surface area contributed by atoms with Crippen LogP contribution < -0.4 is 0 Å². The van der Waals surface area contributed by atoms with E-state index in [2.05, 4.69) is 19.7 Å². The van der Waals surface area contributed by atoms with E-state index in [0.29, 0.717) is 31.7 Å². The van der Waals surface area contributed by atoms with E-state index in [-0.39, 0.29) is 42.3 Å². The number of aliphatic hydroxyl groups is 4. The van der Waals surface area contributed by atoms with E-state index in [0.717, 1.165) is 12.0 Å². The molecule has 0 aliphatic carbocycles. The van der Waals surface area contributed by atoms with Crippen LogP contribution in [0.25, 0.3) is 0 Å². The highest BCUT2D eigenvalue weighted by Crippen LogP contribution is 2.36. The van der Waals surface area contributed by atoms with Gasteiger partial charge >= 0.3 is 5.97 Å². The first-order valence-corrected chi connectivity index (χ1v) is 18.2. The van der Waals surface area contributed by atoms with Gasteiger partial charge in [0.2, 0.25) is 0 Å². The summed E-state index contributed by atoms with van der Waals surface area (Å²) in [7, 11) is 3.44. The maximum Gasteiger partial charge on any atom is 0.313 e. The fourth-order valence-corrected chi connectivity index (χ4v) is 6.87. The molecule has 2 saturated heterocycles. The minimum atomic E-state index is -1.19. The molecule has 13 heteroatoms. The van der Waals surface area contributed by atoms with E-state index in [1.807, 2.05) is 32.1 Å². The zero-order valence-corrected chi connectivity index (χ0v) is 32.8. The van der Waals surface area contributed by atoms with Crippen LogP contribution in [0, 0.1) is 23.7 Å². The van der Waals surface area contributed by atoms with E-state index in [4.69, 9.17) is 23.7 Å². The Morgan fingerprint density at radius 2 is 1.69 bits per heavy atom. The molecule has 2 aliphatic rings. The maximum atomic E-state index is 12.9. The fraction of sp³-hybridized carbons (Fsp3) is 0.889. The van der Waals surface area contributed by atoms with Crippen LogP contribution in [0.2, 0.25) is 0 Å². The average molecular weight is 722 g/mol. The molecule has 2 heterocycles. The van der Waals surface area contributed by atoms with Crippen molar-refractivity contribution in [1.29, 1.82) is 0 Å². The molecule has 12 nitrogen and oxygen atoms in total. The van der Waals surface area contributed by atoms with Crippen molar-refractivity contribution >= 4 is 24.6 Å². The molecule has 2 rings (SSSR count). The van der Waals surface area contributed by atoms with Crippen molar-refractivity contribution in [2.75, 3.05) is 14.2 Å². The van der Waals surface area contributed by atoms with Gasteiger partial charge in [-0.2, -0.15) is 0 Å². The normalized spacial score (nSPS) is 31.7. The lowest BCUT2D eigenvalue weighted by molar-refractivity contribution is -0.295. The van der Waals surface area contributed by atoms with Crippen molar-refractivity contribution in [3.63, 3.8) is 0 Å². The fourth-order valence-electron chi connectivity index (χ4n) is 6.68. The van der Waals surface area contributed by atoms with Gasteiger partial charge in [-0.05, 0) is 85.3 Å². The Morgan fingerprint density at radius 3 is 2.20 bits per heavy atom. The van der Waals surface area contributed by atoms with Gasteiger partial charge in [-0.25, -0.2) is 0 Å². The van der Waals surface area contributed by atoms with Crippen molar-refractivity contribution in [2.45, 2.75) is 169 Å². The van der Waals surface area contributed by atoms with Crippen LogP contribution in [0.4, 0.5) is 0 Å². The molecule has 13 atom stereocenters. The number of esters is 1. The molecule has 0 aromatic heterocycles. The molecule has 0 aromatic rings. The molecular weight excluding hydrogens is 654 g/mol. The summed E-state index contributed by atoms with van der Waals surface area (Å²) >= 11 is 4.19. The Hall–Kier alpha value is -1.29. The number of ether oxygens (including phenoxy) is 5. The van der Waals surface area contributed by atoms with Gasteiger partial charge in [0, 0.05) is 38.8 Å². The van der Waals surface area contributed by atoms with E-state index in [1.54, 1.807) is 41.5 Å². The number of methoxy groups -OCH3 is 1. The van der Waals surface area contributed by atoms with E-state index in [1.165, 1.54) is 7.11 Å². The monoisotopic (exact) mass is 721 g/mol. The van der Waals surface area contributed by atoms with Crippen molar-refractivity contribution < 1.29 is 53.7 Å². The van der Waals surface area contributed by atoms with Crippen molar-refractivity contribution in [3.05, 3.63) is 11.3 Å². The summed E-state index contributed by atoms with van der Waals surface area (Å²) < 4.78 is 30.1. The summed E-state index contributed by atoms with van der Waals surface area (Å²) in [5.41, 5.74) is -0.110. The minimum Gasteiger partial charge on any atom is -0.512 e. The number of carbonyl (C=O) groups excluding carboxylic acids is 2. The van der Waals surface area contributed by atoms with Crippen LogP contribution in [0.15, 0.2) is 11.3 Å².